The summed E-state index contributed by atoms with van der Waals surface area (Å²) < 4.78 is 0. The zero-order valence-electron chi connectivity index (χ0n) is 10.6. The molecule has 3 heteroatoms. The van der Waals surface area contributed by atoms with Gasteiger partial charge in [-0.05, 0) is 23.8 Å². The molecule has 2 N–H and O–H groups in total. The molecule has 0 saturated heterocycles. The molecule has 0 aliphatic rings. The van der Waals surface area contributed by atoms with Crippen LogP contribution in [0.1, 0.15) is 0 Å². The molecule has 1 heterocycles. The average molecular weight is 266 g/mol. The Morgan fingerprint density at radius 3 is 2.58 bits per heavy atom. The minimum atomic E-state index is 0.587. The van der Waals surface area contributed by atoms with Crippen LogP contribution in [0.4, 0.5) is 5.82 Å². The normalized spacial score (nSPS) is 10.8. The Hall–Kier alpha value is -2.00. The Labute approximate surface area is 116 Å². The molecule has 94 valence electrons. The van der Waals surface area contributed by atoms with Gasteiger partial charge in [0.25, 0.3) is 0 Å². The lowest BCUT2D eigenvalue weighted by Gasteiger charge is -2.09. The molecular weight excluding hydrogens is 252 g/mol. The summed E-state index contributed by atoms with van der Waals surface area (Å²) in [4.78, 5) is 5.76. The van der Waals surface area contributed by atoms with Crippen LogP contribution in [0.3, 0.4) is 0 Å². The van der Waals surface area contributed by atoms with Crippen molar-refractivity contribution in [2.75, 3.05) is 12.0 Å². The molecular formula is C16H14N2S. The lowest BCUT2D eigenvalue weighted by atomic mass is 10.1. The number of nitrogens with two attached hydrogens (primary N) is 1. The van der Waals surface area contributed by atoms with E-state index in [1.54, 1.807) is 11.8 Å². The summed E-state index contributed by atoms with van der Waals surface area (Å²) in [5.74, 6) is 0.587. The van der Waals surface area contributed by atoms with Gasteiger partial charge in [-0.1, -0.05) is 42.5 Å². The van der Waals surface area contributed by atoms with Crippen LogP contribution >= 0.6 is 11.8 Å². The van der Waals surface area contributed by atoms with Crippen LogP contribution in [-0.2, 0) is 0 Å². The van der Waals surface area contributed by atoms with Crippen molar-refractivity contribution in [2.24, 2.45) is 0 Å². The maximum absolute atomic E-state index is 6.07. The van der Waals surface area contributed by atoms with Crippen molar-refractivity contribution in [1.82, 2.24) is 4.98 Å². The number of aromatic nitrogens is 1. The van der Waals surface area contributed by atoms with Gasteiger partial charge >= 0.3 is 0 Å². The molecule has 2 nitrogen and oxygen atoms in total. The van der Waals surface area contributed by atoms with Gasteiger partial charge in [0.15, 0.2) is 0 Å². The van der Waals surface area contributed by atoms with Crippen LogP contribution in [0.25, 0.3) is 22.0 Å². The van der Waals surface area contributed by atoms with Crippen molar-refractivity contribution < 1.29 is 0 Å². The first-order valence-corrected chi connectivity index (χ1v) is 7.31. The van der Waals surface area contributed by atoms with Gasteiger partial charge in [0.05, 0.1) is 5.69 Å². The molecule has 0 bridgehead atoms. The molecule has 0 amide bonds. The van der Waals surface area contributed by atoms with E-state index in [0.29, 0.717) is 5.82 Å². The fourth-order valence-corrected chi connectivity index (χ4v) is 2.83. The second kappa shape index (κ2) is 4.94. The maximum atomic E-state index is 6.07. The highest BCUT2D eigenvalue weighted by Crippen LogP contribution is 2.31. The minimum Gasteiger partial charge on any atom is -0.383 e. The first-order chi connectivity index (χ1) is 9.29. The number of benzene rings is 2. The van der Waals surface area contributed by atoms with Crippen LogP contribution in [0.5, 0.6) is 0 Å². The Balaban J connectivity index is 2.26. The smallest absolute Gasteiger partial charge is 0.131 e. The molecule has 0 spiro atoms. The predicted molar refractivity (Wildman–Crippen MR) is 83.4 cm³/mol. The molecule has 19 heavy (non-hydrogen) atoms. The second-order valence-electron chi connectivity index (χ2n) is 4.31. The molecule has 0 saturated carbocycles. The van der Waals surface area contributed by atoms with E-state index in [1.165, 1.54) is 4.90 Å². The van der Waals surface area contributed by atoms with E-state index in [1.807, 2.05) is 30.3 Å². The first-order valence-electron chi connectivity index (χ1n) is 6.08. The third-order valence-electron chi connectivity index (χ3n) is 3.15. The molecule has 0 aliphatic heterocycles. The molecule has 0 radical (unpaired) electrons. The van der Waals surface area contributed by atoms with E-state index in [2.05, 4.69) is 35.5 Å². The standard InChI is InChI=1S/C16H14N2S/c1-19-15-9-5-4-8-13(15)14-10-11-6-2-3-7-12(11)16(17)18-14/h2-10H,1H3,(H2,17,18). The van der Waals surface area contributed by atoms with Gasteiger partial charge in [0.2, 0.25) is 0 Å². The molecule has 3 aromatic rings. The number of rotatable bonds is 2. The number of nitrogens with zero attached hydrogens (tertiary/aromatic N) is 1. The van der Waals surface area contributed by atoms with Crippen molar-refractivity contribution in [2.45, 2.75) is 4.90 Å². The number of nitrogen functional groups attached to an aromatic ring is 1. The zero-order valence-corrected chi connectivity index (χ0v) is 11.4. The average Bonchev–Trinajstić information content (AvgIpc) is 2.47. The Kier molecular flexibility index (Phi) is 3.13. The maximum Gasteiger partial charge on any atom is 0.131 e. The minimum absolute atomic E-state index is 0.587. The summed E-state index contributed by atoms with van der Waals surface area (Å²) in [6, 6.07) is 18.4. The third-order valence-corrected chi connectivity index (χ3v) is 3.95. The van der Waals surface area contributed by atoms with Crippen molar-refractivity contribution in [3.63, 3.8) is 0 Å². The monoisotopic (exact) mass is 266 g/mol. The van der Waals surface area contributed by atoms with Crippen molar-refractivity contribution in [1.29, 1.82) is 0 Å². The number of pyridine rings is 1. The van der Waals surface area contributed by atoms with Gasteiger partial charge in [-0.25, -0.2) is 4.98 Å². The largest absolute Gasteiger partial charge is 0.383 e. The molecule has 0 atom stereocenters. The zero-order chi connectivity index (χ0) is 13.2. The van der Waals surface area contributed by atoms with E-state index in [9.17, 15) is 0 Å². The summed E-state index contributed by atoms with van der Waals surface area (Å²) in [5, 5.41) is 2.13. The van der Waals surface area contributed by atoms with Crippen LogP contribution in [-0.4, -0.2) is 11.2 Å². The van der Waals surface area contributed by atoms with E-state index < -0.39 is 0 Å². The number of hydrogen-bond donors (Lipinski definition) is 1. The predicted octanol–water partition coefficient (Wildman–Crippen LogP) is 4.21. The first kappa shape index (κ1) is 12.1. The SMILES string of the molecule is CSc1ccccc1-c1cc2ccccc2c(N)n1. The highest BCUT2D eigenvalue weighted by atomic mass is 32.2. The lowest BCUT2D eigenvalue weighted by Crippen LogP contribution is -1.95. The third kappa shape index (κ3) is 2.17. The Morgan fingerprint density at radius 1 is 1.00 bits per heavy atom. The van der Waals surface area contributed by atoms with Crippen LogP contribution in [0.15, 0.2) is 59.5 Å². The van der Waals surface area contributed by atoms with E-state index in [4.69, 9.17) is 5.73 Å². The van der Waals surface area contributed by atoms with Crippen LogP contribution < -0.4 is 5.73 Å². The van der Waals surface area contributed by atoms with Crippen LogP contribution in [0, 0.1) is 0 Å². The Morgan fingerprint density at radius 2 is 1.74 bits per heavy atom. The molecule has 0 unspecified atom stereocenters. The van der Waals surface area contributed by atoms with E-state index in [-0.39, 0.29) is 0 Å². The molecule has 0 fully saturated rings. The molecule has 3 rings (SSSR count). The van der Waals surface area contributed by atoms with Crippen molar-refractivity contribution >= 4 is 28.4 Å². The fourth-order valence-electron chi connectivity index (χ4n) is 2.22. The molecule has 2 aromatic carbocycles. The highest BCUT2D eigenvalue weighted by Gasteiger charge is 2.08. The number of thioether (sulfide) groups is 1. The van der Waals surface area contributed by atoms with E-state index >= 15 is 0 Å². The summed E-state index contributed by atoms with van der Waals surface area (Å²) in [6.45, 7) is 0. The van der Waals surface area contributed by atoms with Gasteiger partial charge < -0.3 is 5.73 Å². The lowest BCUT2D eigenvalue weighted by molar-refractivity contribution is 1.32. The topological polar surface area (TPSA) is 38.9 Å². The summed E-state index contributed by atoms with van der Waals surface area (Å²) in [7, 11) is 0. The summed E-state index contributed by atoms with van der Waals surface area (Å²) >= 11 is 1.72. The second-order valence-corrected chi connectivity index (χ2v) is 5.16. The number of fused-ring (bicyclic) bond motifs is 1. The van der Waals surface area contributed by atoms with Gasteiger partial charge in [-0.15, -0.1) is 11.8 Å². The fraction of sp³-hybridized carbons (Fsp3) is 0.0625. The molecule has 0 aliphatic carbocycles. The summed E-state index contributed by atoms with van der Waals surface area (Å²) in [5.41, 5.74) is 8.13. The highest BCUT2D eigenvalue weighted by molar-refractivity contribution is 7.98. The van der Waals surface area contributed by atoms with Gasteiger partial charge in [0, 0.05) is 15.8 Å². The number of hydrogen-bond acceptors (Lipinski definition) is 3. The van der Waals surface area contributed by atoms with Gasteiger partial charge in [-0.3, -0.25) is 0 Å². The van der Waals surface area contributed by atoms with Gasteiger partial charge in [-0.2, -0.15) is 0 Å². The number of anilines is 1. The summed E-state index contributed by atoms with van der Waals surface area (Å²) in [6.07, 6.45) is 2.07. The van der Waals surface area contributed by atoms with E-state index in [0.717, 1.165) is 22.0 Å². The van der Waals surface area contributed by atoms with Gasteiger partial charge in [0.1, 0.15) is 5.82 Å². The Bertz CT molecular complexity index is 738. The quantitative estimate of drug-likeness (QED) is 0.706. The van der Waals surface area contributed by atoms with Crippen molar-refractivity contribution in [3.8, 4) is 11.3 Å². The van der Waals surface area contributed by atoms with Crippen LogP contribution in [0.2, 0.25) is 0 Å². The van der Waals surface area contributed by atoms with Crippen molar-refractivity contribution in [3.05, 3.63) is 54.6 Å². The molecule has 1 aromatic heterocycles.